The first-order valence-corrected chi connectivity index (χ1v) is 8.33. The maximum Gasteiger partial charge on any atom is 0.0640 e. The molecule has 104 valence electrons. The third-order valence-electron chi connectivity index (χ3n) is 4.41. The summed E-state index contributed by atoms with van der Waals surface area (Å²) in [5.41, 5.74) is 1.21. The lowest BCUT2D eigenvalue weighted by molar-refractivity contribution is 0.361. The van der Waals surface area contributed by atoms with Crippen molar-refractivity contribution in [1.82, 2.24) is 5.32 Å². The van der Waals surface area contributed by atoms with E-state index in [0.717, 1.165) is 16.0 Å². The van der Waals surface area contributed by atoms with Crippen molar-refractivity contribution in [3.63, 3.8) is 0 Å². The number of nitrogens with zero attached hydrogens (tertiary/aromatic N) is 1. The zero-order chi connectivity index (χ0) is 13.4. The molecule has 4 heteroatoms. The predicted octanol–water partition coefficient (Wildman–Crippen LogP) is 4.21. The van der Waals surface area contributed by atoms with Gasteiger partial charge in [0.05, 0.1) is 10.7 Å². The van der Waals surface area contributed by atoms with Gasteiger partial charge < -0.3 is 10.2 Å². The van der Waals surface area contributed by atoms with Crippen LogP contribution in [0.1, 0.15) is 32.6 Å². The van der Waals surface area contributed by atoms with Crippen molar-refractivity contribution in [2.24, 2.45) is 0 Å². The van der Waals surface area contributed by atoms with Crippen molar-refractivity contribution in [1.29, 1.82) is 0 Å². The molecule has 2 saturated heterocycles. The topological polar surface area (TPSA) is 15.3 Å². The number of rotatable bonds is 3. The molecule has 0 radical (unpaired) electrons. The van der Waals surface area contributed by atoms with Crippen LogP contribution in [-0.4, -0.2) is 24.7 Å². The smallest absolute Gasteiger partial charge is 0.0640 e. The van der Waals surface area contributed by atoms with Gasteiger partial charge in [0.2, 0.25) is 0 Å². The summed E-state index contributed by atoms with van der Waals surface area (Å²) in [6.45, 7) is 3.27. The summed E-state index contributed by atoms with van der Waals surface area (Å²) in [6.07, 6.45) is 5.09. The molecule has 2 heterocycles. The Morgan fingerprint density at radius 3 is 2.63 bits per heavy atom. The number of piperidine rings is 1. The van der Waals surface area contributed by atoms with E-state index in [1.807, 2.05) is 12.1 Å². The molecule has 0 aliphatic carbocycles. The SMILES string of the molecule is CCNC1CC2CCC(C1)N2c1cc(Br)ccc1Cl. The highest BCUT2D eigenvalue weighted by Gasteiger charge is 2.41. The average Bonchev–Trinajstić information content (AvgIpc) is 2.64. The molecule has 2 nitrogen and oxygen atoms in total. The van der Waals surface area contributed by atoms with Gasteiger partial charge in [-0.25, -0.2) is 0 Å². The quantitative estimate of drug-likeness (QED) is 0.884. The van der Waals surface area contributed by atoms with Crippen LogP contribution in [0, 0.1) is 0 Å². The molecule has 0 spiro atoms. The average molecular weight is 344 g/mol. The molecular weight excluding hydrogens is 324 g/mol. The lowest BCUT2D eigenvalue weighted by Crippen LogP contribution is -2.49. The number of hydrogen-bond donors (Lipinski definition) is 1. The number of benzene rings is 1. The third-order valence-corrected chi connectivity index (χ3v) is 5.23. The summed E-state index contributed by atoms with van der Waals surface area (Å²) in [5, 5.41) is 4.49. The first kappa shape index (κ1) is 13.7. The van der Waals surface area contributed by atoms with Crippen LogP contribution in [0.3, 0.4) is 0 Å². The molecular formula is C15H20BrClN2. The molecule has 0 saturated carbocycles. The molecule has 1 aromatic rings. The molecule has 2 atom stereocenters. The molecule has 0 amide bonds. The van der Waals surface area contributed by atoms with Gasteiger partial charge >= 0.3 is 0 Å². The second-order valence-corrected chi connectivity index (χ2v) is 6.94. The minimum absolute atomic E-state index is 0.648. The first-order chi connectivity index (χ1) is 9.19. The van der Waals surface area contributed by atoms with E-state index in [-0.39, 0.29) is 0 Å². The molecule has 1 N–H and O–H groups in total. The number of anilines is 1. The predicted molar refractivity (Wildman–Crippen MR) is 85.1 cm³/mol. The highest BCUT2D eigenvalue weighted by atomic mass is 79.9. The Kier molecular flexibility index (Phi) is 4.06. The van der Waals surface area contributed by atoms with Crippen molar-refractivity contribution in [2.75, 3.05) is 11.4 Å². The minimum atomic E-state index is 0.648. The summed E-state index contributed by atoms with van der Waals surface area (Å²) in [5.74, 6) is 0. The van der Waals surface area contributed by atoms with E-state index in [4.69, 9.17) is 11.6 Å². The second-order valence-electron chi connectivity index (χ2n) is 5.61. The Labute approximate surface area is 128 Å². The fraction of sp³-hybridized carbons (Fsp3) is 0.600. The van der Waals surface area contributed by atoms with E-state index in [1.165, 1.54) is 31.4 Å². The van der Waals surface area contributed by atoms with E-state index in [0.29, 0.717) is 18.1 Å². The van der Waals surface area contributed by atoms with Gasteiger partial charge in [-0.1, -0.05) is 34.5 Å². The first-order valence-electron chi connectivity index (χ1n) is 7.15. The van der Waals surface area contributed by atoms with Gasteiger partial charge in [0, 0.05) is 22.6 Å². The van der Waals surface area contributed by atoms with E-state index < -0.39 is 0 Å². The lowest BCUT2D eigenvalue weighted by Gasteiger charge is -2.41. The number of halogens is 2. The van der Waals surface area contributed by atoms with E-state index in [1.54, 1.807) is 0 Å². The van der Waals surface area contributed by atoms with Gasteiger partial charge in [-0.2, -0.15) is 0 Å². The number of hydrogen-bond acceptors (Lipinski definition) is 2. The van der Waals surface area contributed by atoms with Gasteiger partial charge in [-0.15, -0.1) is 0 Å². The van der Waals surface area contributed by atoms with Crippen molar-refractivity contribution in [3.05, 3.63) is 27.7 Å². The van der Waals surface area contributed by atoms with E-state index >= 15 is 0 Å². The van der Waals surface area contributed by atoms with Crippen LogP contribution in [0.4, 0.5) is 5.69 Å². The third kappa shape index (κ3) is 2.65. The van der Waals surface area contributed by atoms with Crippen LogP contribution < -0.4 is 10.2 Å². The Morgan fingerprint density at radius 1 is 1.32 bits per heavy atom. The van der Waals surface area contributed by atoms with Crippen molar-refractivity contribution < 1.29 is 0 Å². The zero-order valence-electron chi connectivity index (χ0n) is 11.2. The molecule has 2 unspecified atom stereocenters. The second kappa shape index (κ2) is 5.63. The fourth-order valence-electron chi connectivity index (χ4n) is 3.71. The summed E-state index contributed by atoms with van der Waals surface area (Å²) >= 11 is 9.97. The van der Waals surface area contributed by atoms with Crippen LogP contribution in [-0.2, 0) is 0 Å². The Balaban J connectivity index is 1.85. The summed E-state index contributed by atoms with van der Waals surface area (Å²) in [4.78, 5) is 2.57. The van der Waals surface area contributed by atoms with Crippen LogP contribution >= 0.6 is 27.5 Å². The number of fused-ring (bicyclic) bond motifs is 2. The molecule has 2 fully saturated rings. The van der Waals surface area contributed by atoms with E-state index in [2.05, 4.69) is 39.1 Å². The molecule has 1 aromatic carbocycles. The van der Waals surface area contributed by atoms with Gasteiger partial charge in [0.1, 0.15) is 0 Å². The lowest BCUT2D eigenvalue weighted by atomic mass is 9.96. The zero-order valence-corrected chi connectivity index (χ0v) is 13.5. The fourth-order valence-corrected chi connectivity index (χ4v) is 4.27. The van der Waals surface area contributed by atoms with Gasteiger partial charge in [-0.3, -0.25) is 0 Å². The standard InChI is InChI=1S/C15H20BrClN2/c1-2-18-11-8-12-4-5-13(9-11)19(12)15-7-10(16)3-6-14(15)17/h3,6-7,11-13,18H,2,4-5,8-9H2,1H3. The Bertz CT molecular complexity index is 451. The molecule has 3 rings (SSSR count). The normalized spacial score (nSPS) is 29.8. The van der Waals surface area contributed by atoms with Gasteiger partial charge in [0.15, 0.2) is 0 Å². The van der Waals surface area contributed by atoms with Crippen molar-refractivity contribution in [2.45, 2.75) is 50.7 Å². The Hall–Kier alpha value is -0.250. The maximum absolute atomic E-state index is 6.41. The minimum Gasteiger partial charge on any atom is -0.364 e. The maximum atomic E-state index is 6.41. The van der Waals surface area contributed by atoms with Crippen LogP contribution in [0.25, 0.3) is 0 Å². The van der Waals surface area contributed by atoms with Crippen LogP contribution in [0.15, 0.2) is 22.7 Å². The van der Waals surface area contributed by atoms with E-state index in [9.17, 15) is 0 Å². The molecule has 2 bridgehead atoms. The van der Waals surface area contributed by atoms with Crippen molar-refractivity contribution >= 4 is 33.2 Å². The van der Waals surface area contributed by atoms with Crippen molar-refractivity contribution in [3.8, 4) is 0 Å². The number of nitrogens with one attached hydrogen (secondary N) is 1. The molecule has 0 aromatic heterocycles. The van der Waals surface area contributed by atoms with Gasteiger partial charge in [0.25, 0.3) is 0 Å². The highest BCUT2D eigenvalue weighted by molar-refractivity contribution is 9.10. The molecule has 19 heavy (non-hydrogen) atoms. The largest absolute Gasteiger partial charge is 0.364 e. The summed E-state index contributed by atoms with van der Waals surface area (Å²) in [6, 6.07) is 8.16. The van der Waals surface area contributed by atoms with Crippen LogP contribution in [0.2, 0.25) is 5.02 Å². The van der Waals surface area contributed by atoms with Gasteiger partial charge in [-0.05, 0) is 50.4 Å². The highest BCUT2D eigenvalue weighted by Crippen LogP contribution is 2.42. The molecule has 2 aliphatic rings. The van der Waals surface area contributed by atoms with Crippen LogP contribution in [0.5, 0.6) is 0 Å². The Morgan fingerprint density at radius 2 is 2.00 bits per heavy atom. The summed E-state index contributed by atoms with van der Waals surface area (Å²) in [7, 11) is 0. The monoisotopic (exact) mass is 342 g/mol. The molecule has 2 aliphatic heterocycles. The summed E-state index contributed by atoms with van der Waals surface area (Å²) < 4.78 is 1.11.